The van der Waals surface area contributed by atoms with Crippen molar-refractivity contribution in [1.82, 2.24) is 15.5 Å². The second-order valence-corrected chi connectivity index (χ2v) is 7.64. The van der Waals surface area contributed by atoms with Crippen molar-refractivity contribution >= 4 is 34.1 Å². The van der Waals surface area contributed by atoms with E-state index in [0.29, 0.717) is 17.1 Å². The van der Waals surface area contributed by atoms with Gasteiger partial charge in [-0.2, -0.15) is 0 Å². The highest BCUT2D eigenvalue weighted by Crippen LogP contribution is 2.28. The van der Waals surface area contributed by atoms with Gasteiger partial charge in [0.2, 0.25) is 11.0 Å². The number of aromatic nitrogens is 2. The molecule has 0 saturated heterocycles. The number of hydrogen-bond donors (Lipinski definition) is 2. The first-order valence-electron chi connectivity index (χ1n) is 6.62. The normalized spacial score (nSPS) is 24.9. The van der Waals surface area contributed by atoms with Crippen LogP contribution in [0.15, 0.2) is 4.34 Å². The Morgan fingerprint density at radius 2 is 2.21 bits per heavy atom. The number of anilines is 1. The monoisotopic (exact) mass is 300 g/mol. The van der Waals surface area contributed by atoms with Crippen molar-refractivity contribution in [2.75, 3.05) is 5.73 Å². The number of nitrogens with one attached hydrogen (secondary N) is 1. The van der Waals surface area contributed by atoms with E-state index in [1.54, 1.807) is 0 Å². The molecular weight excluding hydrogens is 280 g/mol. The largest absolute Gasteiger partial charge is 0.374 e. The molecule has 1 aliphatic rings. The SMILES string of the molecule is C[C@H](Sc1nnc(N)s1)C(=O)N[C@@H]1CCCC[C@H]1C. The van der Waals surface area contributed by atoms with Crippen LogP contribution < -0.4 is 11.1 Å². The molecule has 0 spiro atoms. The Kier molecular flexibility index (Phi) is 5.04. The minimum atomic E-state index is -0.165. The molecule has 0 bridgehead atoms. The van der Waals surface area contributed by atoms with Crippen LogP contribution in [0.4, 0.5) is 5.13 Å². The van der Waals surface area contributed by atoms with E-state index in [4.69, 9.17) is 5.73 Å². The highest BCUT2D eigenvalue weighted by molar-refractivity contribution is 8.02. The van der Waals surface area contributed by atoms with E-state index in [1.165, 1.54) is 42.4 Å². The van der Waals surface area contributed by atoms with Crippen molar-refractivity contribution in [2.45, 2.75) is 55.2 Å². The molecule has 0 radical (unpaired) electrons. The first-order chi connectivity index (χ1) is 9.06. The number of nitrogen functional groups attached to an aromatic ring is 1. The van der Waals surface area contributed by atoms with Crippen LogP contribution in [0.25, 0.3) is 0 Å². The molecule has 5 nitrogen and oxygen atoms in total. The van der Waals surface area contributed by atoms with Gasteiger partial charge in [-0.25, -0.2) is 0 Å². The van der Waals surface area contributed by atoms with Gasteiger partial charge in [0.15, 0.2) is 4.34 Å². The Labute approximate surface area is 121 Å². The van der Waals surface area contributed by atoms with Crippen molar-refractivity contribution in [1.29, 1.82) is 0 Å². The van der Waals surface area contributed by atoms with Crippen LogP contribution in [0.1, 0.15) is 39.5 Å². The molecule has 3 atom stereocenters. The van der Waals surface area contributed by atoms with Crippen LogP contribution in [-0.4, -0.2) is 27.4 Å². The summed E-state index contributed by atoms with van der Waals surface area (Å²) in [4.78, 5) is 12.2. The molecule has 2 rings (SSSR count). The molecule has 1 amide bonds. The van der Waals surface area contributed by atoms with Crippen LogP contribution in [-0.2, 0) is 4.79 Å². The molecule has 106 valence electrons. The van der Waals surface area contributed by atoms with E-state index in [9.17, 15) is 4.79 Å². The van der Waals surface area contributed by atoms with Gasteiger partial charge >= 0.3 is 0 Å². The quantitative estimate of drug-likeness (QED) is 0.834. The summed E-state index contributed by atoms with van der Waals surface area (Å²) in [6, 6.07) is 0.323. The van der Waals surface area contributed by atoms with E-state index in [0.717, 1.165) is 10.8 Å². The number of nitrogens with two attached hydrogens (primary N) is 1. The molecule has 0 aromatic carbocycles. The number of carbonyl (C=O) groups is 1. The summed E-state index contributed by atoms with van der Waals surface area (Å²) in [5, 5.41) is 11.1. The van der Waals surface area contributed by atoms with Gasteiger partial charge in [0.05, 0.1) is 5.25 Å². The highest BCUT2D eigenvalue weighted by Gasteiger charge is 2.25. The van der Waals surface area contributed by atoms with E-state index in [-0.39, 0.29) is 11.2 Å². The van der Waals surface area contributed by atoms with Crippen molar-refractivity contribution in [2.24, 2.45) is 5.92 Å². The summed E-state index contributed by atoms with van der Waals surface area (Å²) >= 11 is 2.73. The van der Waals surface area contributed by atoms with E-state index in [1.807, 2.05) is 6.92 Å². The summed E-state index contributed by atoms with van der Waals surface area (Å²) in [6.07, 6.45) is 4.79. The molecule has 1 fully saturated rings. The third-order valence-corrected chi connectivity index (χ3v) is 5.44. The molecule has 1 heterocycles. The average Bonchev–Trinajstić information content (AvgIpc) is 2.77. The summed E-state index contributed by atoms with van der Waals surface area (Å²) < 4.78 is 0.747. The van der Waals surface area contributed by atoms with Crippen LogP contribution in [0, 0.1) is 5.92 Å². The fraction of sp³-hybridized carbons (Fsp3) is 0.750. The number of rotatable bonds is 4. The Bertz CT molecular complexity index is 437. The van der Waals surface area contributed by atoms with E-state index in [2.05, 4.69) is 22.4 Å². The van der Waals surface area contributed by atoms with Crippen molar-refractivity contribution in [3.8, 4) is 0 Å². The van der Waals surface area contributed by atoms with Crippen LogP contribution in [0.2, 0.25) is 0 Å². The first-order valence-corrected chi connectivity index (χ1v) is 8.32. The molecule has 7 heteroatoms. The summed E-state index contributed by atoms with van der Waals surface area (Å²) in [7, 11) is 0. The highest BCUT2D eigenvalue weighted by atomic mass is 32.2. The average molecular weight is 300 g/mol. The number of amides is 1. The minimum absolute atomic E-state index is 0.0810. The number of nitrogens with zero attached hydrogens (tertiary/aromatic N) is 2. The van der Waals surface area contributed by atoms with E-state index >= 15 is 0 Å². The molecule has 0 unspecified atom stereocenters. The molecule has 3 N–H and O–H groups in total. The summed E-state index contributed by atoms with van der Waals surface area (Å²) in [6.45, 7) is 4.11. The number of carbonyl (C=O) groups excluding carboxylic acids is 1. The van der Waals surface area contributed by atoms with Crippen LogP contribution in [0.3, 0.4) is 0 Å². The maximum absolute atomic E-state index is 12.2. The molecule has 0 aliphatic heterocycles. The van der Waals surface area contributed by atoms with Gasteiger partial charge in [-0.05, 0) is 25.7 Å². The zero-order valence-corrected chi connectivity index (χ0v) is 12.9. The molecule has 1 aromatic heterocycles. The molecule has 1 aromatic rings. The predicted octanol–water partition coefficient (Wildman–Crippen LogP) is 2.30. The van der Waals surface area contributed by atoms with Crippen LogP contribution >= 0.6 is 23.1 Å². The topological polar surface area (TPSA) is 80.9 Å². The number of thioether (sulfide) groups is 1. The molecular formula is C12H20N4OS2. The van der Waals surface area contributed by atoms with Crippen LogP contribution in [0.5, 0.6) is 0 Å². The minimum Gasteiger partial charge on any atom is -0.374 e. The maximum Gasteiger partial charge on any atom is 0.233 e. The third-order valence-electron chi connectivity index (χ3n) is 3.51. The zero-order valence-electron chi connectivity index (χ0n) is 11.3. The Morgan fingerprint density at radius 3 is 2.84 bits per heavy atom. The van der Waals surface area contributed by atoms with Crippen molar-refractivity contribution < 1.29 is 4.79 Å². The van der Waals surface area contributed by atoms with Gasteiger partial charge in [-0.15, -0.1) is 10.2 Å². The fourth-order valence-electron chi connectivity index (χ4n) is 2.30. The van der Waals surface area contributed by atoms with Gasteiger partial charge in [0.1, 0.15) is 0 Å². The van der Waals surface area contributed by atoms with Crippen molar-refractivity contribution in [3.63, 3.8) is 0 Å². The smallest absolute Gasteiger partial charge is 0.233 e. The molecule has 1 saturated carbocycles. The lowest BCUT2D eigenvalue weighted by atomic mass is 9.86. The summed E-state index contributed by atoms with van der Waals surface area (Å²) in [5.74, 6) is 0.657. The third kappa shape index (κ3) is 4.07. The lowest BCUT2D eigenvalue weighted by Gasteiger charge is -2.30. The van der Waals surface area contributed by atoms with Crippen molar-refractivity contribution in [3.05, 3.63) is 0 Å². The fourth-order valence-corrected chi connectivity index (χ4v) is 4.09. The maximum atomic E-state index is 12.2. The summed E-state index contributed by atoms with van der Waals surface area (Å²) in [5.41, 5.74) is 5.53. The Hall–Kier alpha value is -0.820. The second kappa shape index (κ2) is 6.56. The van der Waals surface area contributed by atoms with Gasteiger partial charge in [0.25, 0.3) is 0 Å². The standard InChI is InChI=1S/C12H20N4OS2/c1-7-5-3-4-6-9(7)14-10(17)8(2)18-12-16-15-11(13)19-12/h7-9H,3-6H2,1-2H3,(H2,13,15)(H,14,17)/t7-,8+,9-/m1/s1. The van der Waals surface area contributed by atoms with Gasteiger partial charge in [0, 0.05) is 6.04 Å². The second-order valence-electron chi connectivity index (χ2n) is 5.04. The Balaban J connectivity index is 1.85. The number of hydrogen-bond acceptors (Lipinski definition) is 6. The molecule has 19 heavy (non-hydrogen) atoms. The van der Waals surface area contributed by atoms with Gasteiger partial charge in [-0.1, -0.05) is 42.9 Å². The predicted molar refractivity (Wildman–Crippen MR) is 79.2 cm³/mol. The van der Waals surface area contributed by atoms with E-state index < -0.39 is 0 Å². The lowest BCUT2D eigenvalue weighted by molar-refractivity contribution is -0.121. The Morgan fingerprint density at radius 1 is 1.47 bits per heavy atom. The zero-order chi connectivity index (χ0) is 13.8. The van der Waals surface area contributed by atoms with Gasteiger partial charge < -0.3 is 11.1 Å². The lowest BCUT2D eigenvalue weighted by Crippen LogP contribution is -2.44. The first kappa shape index (κ1) is 14.6. The molecule has 1 aliphatic carbocycles. The van der Waals surface area contributed by atoms with Gasteiger partial charge in [-0.3, -0.25) is 4.79 Å².